The second-order valence-electron chi connectivity index (χ2n) is 4.63. The fourth-order valence-corrected chi connectivity index (χ4v) is 2.05. The van der Waals surface area contributed by atoms with Gasteiger partial charge in [0, 0.05) is 38.1 Å². The molecule has 0 spiro atoms. The van der Waals surface area contributed by atoms with Gasteiger partial charge in [-0.15, -0.1) is 0 Å². The molecule has 1 aromatic rings. The Balaban J connectivity index is 1.69. The molecule has 2 unspecified atom stereocenters. The topological polar surface area (TPSA) is 68.2 Å². The molecule has 2 rings (SSSR count). The Hall–Kier alpha value is -1.40. The SMILES string of the molecule is CC(Cn1ccnc1)NC(=O)CC1CNCCO1. The van der Waals surface area contributed by atoms with Crippen molar-refractivity contribution in [3.63, 3.8) is 0 Å². The van der Waals surface area contributed by atoms with Crippen molar-refractivity contribution in [2.24, 2.45) is 0 Å². The molecule has 1 fully saturated rings. The van der Waals surface area contributed by atoms with Crippen LogP contribution in [0, 0.1) is 0 Å². The summed E-state index contributed by atoms with van der Waals surface area (Å²) in [7, 11) is 0. The summed E-state index contributed by atoms with van der Waals surface area (Å²) in [5, 5.41) is 6.18. The van der Waals surface area contributed by atoms with E-state index in [9.17, 15) is 4.79 Å². The van der Waals surface area contributed by atoms with Crippen LogP contribution in [0.4, 0.5) is 0 Å². The number of imidazole rings is 1. The number of morpholine rings is 1. The molecule has 0 radical (unpaired) electrons. The van der Waals surface area contributed by atoms with Gasteiger partial charge in [0.15, 0.2) is 0 Å². The van der Waals surface area contributed by atoms with Crippen LogP contribution in [0.2, 0.25) is 0 Å². The maximum absolute atomic E-state index is 11.8. The van der Waals surface area contributed by atoms with Gasteiger partial charge >= 0.3 is 0 Å². The Morgan fingerprint density at radius 2 is 2.61 bits per heavy atom. The first kappa shape index (κ1) is 13.0. The molecule has 0 aliphatic carbocycles. The van der Waals surface area contributed by atoms with Gasteiger partial charge in [0.1, 0.15) is 0 Å². The molecule has 6 heteroatoms. The normalized spacial score (nSPS) is 21.5. The number of carbonyl (C=O) groups is 1. The zero-order chi connectivity index (χ0) is 12.8. The van der Waals surface area contributed by atoms with Crippen molar-refractivity contribution in [3.05, 3.63) is 18.7 Å². The Kier molecular flexibility index (Phi) is 4.72. The number of hydrogen-bond donors (Lipinski definition) is 2. The zero-order valence-corrected chi connectivity index (χ0v) is 10.6. The van der Waals surface area contributed by atoms with Gasteiger partial charge in [-0.1, -0.05) is 0 Å². The third-order valence-corrected chi connectivity index (χ3v) is 2.87. The average Bonchev–Trinajstić information content (AvgIpc) is 2.82. The highest BCUT2D eigenvalue weighted by atomic mass is 16.5. The van der Waals surface area contributed by atoms with Crippen molar-refractivity contribution in [2.75, 3.05) is 19.7 Å². The predicted molar refractivity (Wildman–Crippen MR) is 67.1 cm³/mol. The van der Waals surface area contributed by atoms with Gasteiger partial charge in [-0.3, -0.25) is 4.79 Å². The highest BCUT2D eigenvalue weighted by molar-refractivity contribution is 5.76. The first-order chi connectivity index (χ1) is 8.74. The number of ether oxygens (including phenoxy) is 1. The molecule has 2 atom stereocenters. The number of aromatic nitrogens is 2. The van der Waals surface area contributed by atoms with Gasteiger partial charge in [-0.2, -0.15) is 0 Å². The Morgan fingerprint density at radius 1 is 1.72 bits per heavy atom. The summed E-state index contributed by atoms with van der Waals surface area (Å²) < 4.78 is 7.45. The van der Waals surface area contributed by atoms with Crippen LogP contribution in [0.15, 0.2) is 18.7 Å². The van der Waals surface area contributed by atoms with Gasteiger partial charge in [-0.25, -0.2) is 4.98 Å². The number of amides is 1. The molecule has 1 aliphatic rings. The molecule has 0 bridgehead atoms. The summed E-state index contributed by atoms with van der Waals surface area (Å²) in [6.07, 6.45) is 5.78. The molecule has 1 aliphatic heterocycles. The van der Waals surface area contributed by atoms with Gasteiger partial charge < -0.3 is 19.9 Å². The van der Waals surface area contributed by atoms with Gasteiger partial charge in [0.2, 0.25) is 5.91 Å². The monoisotopic (exact) mass is 252 g/mol. The summed E-state index contributed by atoms with van der Waals surface area (Å²) >= 11 is 0. The highest BCUT2D eigenvalue weighted by Crippen LogP contribution is 2.02. The van der Waals surface area contributed by atoms with E-state index in [2.05, 4.69) is 15.6 Å². The first-order valence-electron chi connectivity index (χ1n) is 6.31. The fourth-order valence-electron chi connectivity index (χ4n) is 2.05. The molecule has 2 N–H and O–H groups in total. The van der Waals surface area contributed by atoms with Crippen molar-refractivity contribution in [1.82, 2.24) is 20.2 Å². The average molecular weight is 252 g/mol. The fraction of sp³-hybridized carbons (Fsp3) is 0.667. The van der Waals surface area contributed by atoms with Crippen molar-refractivity contribution < 1.29 is 9.53 Å². The van der Waals surface area contributed by atoms with Crippen LogP contribution in [-0.4, -0.2) is 47.3 Å². The lowest BCUT2D eigenvalue weighted by Gasteiger charge is -2.24. The number of hydrogen-bond acceptors (Lipinski definition) is 4. The molecule has 0 saturated carbocycles. The van der Waals surface area contributed by atoms with E-state index in [0.29, 0.717) is 13.0 Å². The van der Waals surface area contributed by atoms with Gasteiger partial charge in [-0.05, 0) is 6.92 Å². The molecular weight excluding hydrogens is 232 g/mol. The minimum absolute atomic E-state index is 0.000745. The van der Waals surface area contributed by atoms with Crippen molar-refractivity contribution >= 4 is 5.91 Å². The van der Waals surface area contributed by atoms with Crippen LogP contribution in [0.5, 0.6) is 0 Å². The number of nitrogens with zero attached hydrogens (tertiary/aromatic N) is 2. The lowest BCUT2D eigenvalue weighted by Crippen LogP contribution is -2.43. The summed E-state index contributed by atoms with van der Waals surface area (Å²) in [4.78, 5) is 15.8. The van der Waals surface area contributed by atoms with Crippen molar-refractivity contribution in [2.45, 2.75) is 32.0 Å². The Labute approximate surface area is 107 Å². The predicted octanol–water partition coefficient (Wildman–Crippen LogP) is -0.234. The van der Waals surface area contributed by atoms with Gasteiger partial charge in [0.05, 0.1) is 25.5 Å². The largest absolute Gasteiger partial charge is 0.375 e. The van der Waals surface area contributed by atoms with Crippen molar-refractivity contribution in [1.29, 1.82) is 0 Å². The molecule has 0 aromatic carbocycles. The molecule has 6 nitrogen and oxygen atoms in total. The molecule has 100 valence electrons. The van der Waals surface area contributed by atoms with Gasteiger partial charge in [0.25, 0.3) is 0 Å². The van der Waals surface area contributed by atoms with E-state index in [0.717, 1.165) is 19.6 Å². The van der Waals surface area contributed by atoms with Crippen molar-refractivity contribution in [3.8, 4) is 0 Å². The lowest BCUT2D eigenvalue weighted by molar-refractivity contribution is -0.125. The number of carbonyl (C=O) groups excluding carboxylic acids is 1. The third-order valence-electron chi connectivity index (χ3n) is 2.87. The van der Waals surface area contributed by atoms with E-state index in [1.165, 1.54) is 0 Å². The van der Waals surface area contributed by atoms with E-state index >= 15 is 0 Å². The molecular formula is C12H20N4O2. The highest BCUT2D eigenvalue weighted by Gasteiger charge is 2.18. The molecule has 1 saturated heterocycles. The quantitative estimate of drug-likeness (QED) is 0.759. The number of nitrogens with one attached hydrogen (secondary N) is 2. The Bertz CT molecular complexity index is 360. The maximum Gasteiger partial charge on any atom is 0.222 e. The van der Waals surface area contributed by atoms with E-state index in [1.54, 1.807) is 12.5 Å². The third kappa shape index (κ3) is 4.12. The molecule has 18 heavy (non-hydrogen) atoms. The second-order valence-corrected chi connectivity index (χ2v) is 4.63. The zero-order valence-electron chi connectivity index (χ0n) is 10.6. The van der Waals surface area contributed by atoms with Crippen LogP contribution >= 0.6 is 0 Å². The summed E-state index contributed by atoms with van der Waals surface area (Å²) in [5.41, 5.74) is 0. The lowest BCUT2D eigenvalue weighted by atomic mass is 10.2. The summed E-state index contributed by atoms with van der Waals surface area (Å²) in [5.74, 6) is 0.0383. The summed E-state index contributed by atoms with van der Waals surface area (Å²) in [6.45, 7) is 5.02. The minimum atomic E-state index is -0.000745. The smallest absolute Gasteiger partial charge is 0.222 e. The number of rotatable bonds is 5. The molecule has 2 heterocycles. The van der Waals surface area contributed by atoms with Crippen LogP contribution < -0.4 is 10.6 Å². The van der Waals surface area contributed by atoms with E-state index < -0.39 is 0 Å². The minimum Gasteiger partial charge on any atom is -0.375 e. The Morgan fingerprint density at radius 3 is 3.28 bits per heavy atom. The molecule has 1 aromatic heterocycles. The first-order valence-corrected chi connectivity index (χ1v) is 6.31. The van der Waals surface area contributed by atoms with Crippen LogP contribution in [-0.2, 0) is 16.1 Å². The van der Waals surface area contributed by atoms with E-state index in [-0.39, 0.29) is 18.1 Å². The van der Waals surface area contributed by atoms with Crippen LogP contribution in [0.1, 0.15) is 13.3 Å². The maximum atomic E-state index is 11.8. The molecule has 1 amide bonds. The van der Waals surface area contributed by atoms with Crippen LogP contribution in [0.25, 0.3) is 0 Å². The standard InChI is InChI=1S/C12H20N4O2/c1-10(8-16-4-2-14-9-16)15-12(17)6-11-7-13-3-5-18-11/h2,4,9-11,13H,3,5-8H2,1H3,(H,15,17). The summed E-state index contributed by atoms with van der Waals surface area (Å²) in [6, 6.07) is 0.0863. The van der Waals surface area contributed by atoms with E-state index in [1.807, 2.05) is 17.7 Å². The second kappa shape index (κ2) is 6.51. The van der Waals surface area contributed by atoms with E-state index in [4.69, 9.17) is 4.74 Å². The van der Waals surface area contributed by atoms with Crippen LogP contribution in [0.3, 0.4) is 0 Å².